The maximum atomic E-state index is 10.8. The number of aromatic nitrogens is 2. The molecule has 0 spiro atoms. The molecule has 6 nitrogen and oxygen atoms in total. The number of aliphatic hydroxyl groups excluding tert-OH is 1. The molecule has 0 saturated carbocycles. The number of hydrogen-bond donors (Lipinski definition) is 1. The Labute approximate surface area is 173 Å². The number of fused-ring (bicyclic) bond motifs is 2. The minimum absolute atomic E-state index is 0.254. The predicted molar refractivity (Wildman–Crippen MR) is 112 cm³/mol. The van der Waals surface area contributed by atoms with Gasteiger partial charge in [-0.1, -0.05) is 24.3 Å². The fourth-order valence-corrected chi connectivity index (χ4v) is 3.48. The van der Waals surface area contributed by atoms with Gasteiger partial charge in [0.2, 0.25) is 0 Å². The molecule has 0 amide bonds. The molecule has 0 unspecified atom stereocenters. The zero-order valence-corrected chi connectivity index (χ0v) is 16.1. The van der Waals surface area contributed by atoms with E-state index in [2.05, 4.69) is 9.97 Å². The minimum atomic E-state index is -0.837. The van der Waals surface area contributed by atoms with E-state index in [1.807, 2.05) is 48.5 Å². The lowest BCUT2D eigenvalue weighted by Gasteiger charge is -2.30. The lowest BCUT2D eigenvalue weighted by atomic mass is 10.0. The highest BCUT2D eigenvalue weighted by atomic mass is 16.5. The van der Waals surface area contributed by atoms with Crippen LogP contribution >= 0.6 is 0 Å². The molecule has 0 saturated heterocycles. The van der Waals surface area contributed by atoms with E-state index in [1.165, 1.54) is 0 Å². The quantitative estimate of drug-likeness (QED) is 0.544. The lowest BCUT2D eigenvalue weighted by molar-refractivity contribution is -0.0106. The summed E-state index contributed by atoms with van der Waals surface area (Å²) in [6, 6.07) is 21.0. The standard InChI is InChI=1S/C24H20N2O4/c27-24-20-12-18(28-14-17-8-7-16-4-1-2-6-21(16)26-17)9-10-22(20)29-15-23(24)30-19-5-3-11-25-13-19/h1-13,23-24,27H,14-15H2/t23-,24+/m1/s1. The largest absolute Gasteiger partial charge is 0.489 e. The Bertz CT molecular complexity index is 1170. The maximum absolute atomic E-state index is 10.8. The second-order valence-corrected chi connectivity index (χ2v) is 7.08. The van der Waals surface area contributed by atoms with Gasteiger partial charge in [-0.25, -0.2) is 4.98 Å². The van der Waals surface area contributed by atoms with Crippen LogP contribution in [0.25, 0.3) is 10.9 Å². The zero-order chi connectivity index (χ0) is 20.3. The van der Waals surface area contributed by atoms with Crippen LogP contribution in [0.2, 0.25) is 0 Å². The van der Waals surface area contributed by atoms with E-state index in [4.69, 9.17) is 14.2 Å². The van der Waals surface area contributed by atoms with Gasteiger partial charge in [0.05, 0.1) is 17.4 Å². The van der Waals surface area contributed by atoms with E-state index in [0.29, 0.717) is 29.4 Å². The molecule has 1 aliphatic heterocycles. The lowest BCUT2D eigenvalue weighted by Crippen LogP contribution is -2.35. The number of hydrogen-bond acceptors (Lipinski definition) is 6. The first-order chi connectivity index (χ1) is 14.8. The second kappa shape index (κ2) is 8.00. The van der Waals surface area contributed by atoms with E-state index in [9.17, 15) is 5.11 Å². The van der Waals surface area contributed by atoms with E-state index in [1.54, 1.807) is 30.6 Å². The average Bonchev–Trinajstić information content (AvgIpc) is 2.80. The van der Waals surface area contributed by atoms with Gasteiger partial charge < -0.3 is 19.3 Å². The molecule has 6 heteroatoms. The summed E-state index contributed by atoms with van der Waals surface area (Å²) in [6.07, 6.45) is 1.91. The Balaban J connectivity index is 1.30. The first-order valence-corrected chi connectivity index (χ1v) is 9.75. The fraction of sp³-hybridized carbons (Fsp3) is 0.167. The van der Waals surface area contributed by atoms with Crippen molar-refractivity contribution in [2.75, 3.05) is 6.61 Å². The summed E-state index contributed by atoms with van der Waals surface area (Å²) in [6.45, 7) is 0.584. The van der Waals surface area contributed by atoms with E-state index in [0.717, 1.165) is 16.6 Å². The van der Waals surface area contributed by atoms with Crippen LogP contribution in [0, 0.1) is 0 Å². The van der Waals surface area contributed by atoms with Crippen LogP contribution in [-0.2, 0) is 6.61 Å². The van der Waals surface area contributed by atoms with Gasteiger partial charge in [0.1, 0.15) is 36.6 Å². The first kappa shape index (κ1) is 18.4. The summed E-state index contributed by atoms with van der Waals surface area (Å²) in [5.74, 6) is 1.85. The molecule has 30 heavy (non-hydrogen) atoms. The number of aliphatic hydroxyl groups is 1. The summed E-state index contributed by atoms with van der Waals surface area (Å²) < 4.78 is 17.5. The molecule has 0 radical (unpaired) electrons. The molecule has 0 aliphatic carbocycles. The molecular weight excluding hydrogens is 380 g/mol. The third-order valence-corrected chi connectivity index (χ3v) is 5.02. The summed E-state index contributed by atoms with van der Waals surface area (Å²) in [5, 5.41) is 11.9. The molecule has 0 bridgehead atoms. The van der Waals surface area contributed by atoms with Crippen molar-refractivity contribution in [2.45, 2.75) is 18.8 Å². The highest BCUT2D eigenvalue weighted by Crippen LogP contribution is 2.36. The van der Waals surface area contributed by atoms with E-state index in [-0.39, 0.29) is 6.61 Å². The highest BCUT2D eigenvalue weighted by molar-refractivity contribution is 5.78. The van der Waals surface area contributed by atoms with Gasteiger partial charge in [0.15, 0.2) is 6.10 Å². The summed E-state index contributed by atoms with van der Waals surface area (Å²) >= 11 is 0. The van der Waals surface area contributed by atoms with Gasteiger partial charge in [0.25, 0.3) is 0 Å². The maximum Gasteiger partial charge on any atom is 0.163 e. The molecule has 3 heterocycles. The van der Waals surface area contributed by atoms with Gasteiger partial charge in [-0.2, -0.15) is 0 Å². The van der Waals surface area contributed by atoms with Gasteiger partial charge in [-0.3, -0.25) is 4.98 Å². The van der Waals surface area contributed by atoms with Crippen molar-refractivity contribution >= 4 is 10.9 Å². The smallest absolute Gasteiger partial charge is 0.163 e. The third kappa shape index (κ3) is 3.77. The summed E-state index contributed by atoms with van der Waals surface area (Å²) in [5.41, 5.74) is 2.41. The average molecular weight is 400 g/mol. The molecule has 2 atom stereocenters. The summed E-state index contributed by atoms with van der Waals surface area (Å²) in [7, 11) is 0. The number of rotatable bonds is 5. The second-order valence-electron chi connectivity index (χ2n) is 7.08. The molecule has 2 aromatic heterocycles. The van der Waals surface area contributed by atoms with Crippen molar-refractivity contribution < 1.29 is 19.3 Å². The van der Waals surface area contributed by atoms with Crippen molar-refractivity contribution in [1.82, 2.24) is 9.97 Å². The Morgan fingerprint density at radius 3 is 2.83 bits per heavy atom. The van der Waals surface area contributed by atoms with E-state index < -0.39 is 12.2 Å². The van der Waals surface area contributed by atoms with Crippen molar-refractivity contribution in [2.24, 2.45) is 0 Å². The topological polar surface area (TPSA) is 73.7 Å². The SMILES string of the molecule is O[C@H]1c2cc(OCc3ccc4ccccc4n3)ccc2OC[C@H]1Oc1cccnc1. The van der Waals surface area contributed by atoms with E-state index >= 15 is 0 Å². The van der Waals surface area contributed by atoms with Crippen LogP contribution in [0.1, 0.15) is 17.4 Å². The third-order valence-electron chi connectivity index (χ3n) is 5.02. The Hall–Kier alpha value is -3.64. The molecular formula is C24H20N2O4. The molecule has 5 rings (SSSR count). The fourth-order valence-electron chi connectivity index (χ4n) is 3.48. The van der Waals surface area contributed by atoms with Crippen molar-refractivity contribution in [3.05, 3.63) is 90.4 Å². The van der Waals surface area contributed by atoms with Gasteiger partial charge in [0, 0.05) is 17.1 Å². The number of nitrogens with zero attached hydrogens (tertiary/aromatic N) is 2. The van der Waals surface area contributed by atoms with Crippen LogP contribution in [0.3, 0.4) is 0 Å². The number of ether oxygens (including phenoxy) is 3. The number of para-hydroxylation sites is 1. The number of pyridine rings is 2. The van der Waals surface area contributed by atoms with Crippen LogP contribution in [0.5, 0.6) is 17.2 Å². The Kier molecular flexibility index (Phi) is 4.91. The van der Waals surface area contributed by atoms with Crippen LogP contribution in [-0.4, -0.2) is 27.8 Å². The van der Waals surface area contributed by atoms with Gasteiger partial charge >= 0.3 is 0 Å². The van der Waals surface area contributed by atoms with Crippen LogP contribution < -0.4 is 14.2 Å². The molecule has 2 aromatic carbocycles. The van der Waals surface area contributed by atoms with Gasteiger partial charge in [-0.05, 0) is 42.5 Å². The Morgan fingerprint density at radius 2 is 1.93 bits per heavy atom. The zero-order valence-electron chi connectivity index (χ0n) is 16.1. The molecule has 1 aliphatic rings. The Morgan fingerprint density at radius 1 is 1.00 bits per heavy atom. The molecule has 1 N–H and O–H groups in total. The van der Waals surface area contributed by atoms with Crippen molar-refractivity contribution in [3.8, 4) is 17.2 Å². The van der Waals surface area contributed by atoms with Crippen molar-refractivity contribution in [3.63, 3.8) is 0 Å². The van der Waals surface area contributed by atoms with Crippen LogP contribution in [0.4, 0.5) is 0 Å². The summed E-state index contributed by atoms with van der Waals surface area (Å²) in [4.78, 5) is 8.66. The molecule has 4 aromatic rings. The molecule has 0 fully saturated rings. The minimum Gasteiger partial charge on any atom is -0.489 e. The van der Waals surface area contributed by atoms with Crippen LogP contribution in [0.15, 0.2) is 79.1 Å². The monoisotopic (exact) mass is 400 g/mol. The van der Waals surface area contributed by atoms with Crippen molar-refractivity contribution in [1.29, 1.82) is 0 Å². The first-order valence-electron chi connectivity index (χ1n) is 9.75. The highest BCUT2D eigenvalue weighted by Gasteiger charge is 2.31. The normalized spacial score (nSPS) is 17.8. The predicted octanol–water partition coefficient (Wildman–Crippen LogP) is 4.08. The molecule has 150 valence electrons. The number of benzene rings is 2. The van der Waals surface area contributed by atoms with Gasteiger partial charge in [-0.15, -0.1) is 0 Å².